The first-order valence-electron chi connectivity index (χ1n) is 5.46. The topological polar surface area (TPSA) is 57.5 Å². The highest BCUT2D eigenvalue weighted by molar-refractivity contribution is 5.79. The summed E-state index contributed by atoms with van der Waals surface area (Å²) in [6.45, 7) is 2.10. The molecule has 2 saturated carbocycles. The van der Waals surface area contributed by atoms with Crippen LogP contribution in [0.3, 0.4) is 0 Å². The molecule has 0 bridgehead atoms. The van der Waals surface area contributed by atoms with E-state index in [9.17, 15) is 9.90 Å². The largest absolute Gasteiger partial charge is 0.481 e. The molecule has 2 aliphatic carbocycles. The van der Waals surface area contributed by atoms with Gasteiger partial charge in [-0.2, -0.15) is 0 Å². The van der Waals surface area contributed by atoms with Gasteiger partial charge in [0.15, 0.2) is 0 Å². The second-order valence-electron chi connectivity index (χ2n) is 5.12. The molecule has 0 radical (unpaired) electrons. The maximum atomic E-state index is 11.1. The number of aliphatic hydroxyl groups is 1. The van der Waals surface area contributed by atoms with Gasteiger partial charge in [-0.05, 0) is 31.6 Å². The summed E-state index contributed by atoms with van der Waals surface area (Å²) in [6.07, 6.45) is 4.74. The van der Waals surface area contributed by atoms with Crippen molar-refractivity contribution in [2.24, 2.45) is 11.3 Å². The fourth-order valence-corrected chi connectivity index (χ4v) is 2.96. The Morgan fingerprint density at radius 1 is 1.36 bits per heavy atom. The van der Waals surface area contributed by atoms with Crippen LogP contribution < -0.4 is 0 Å². The molecular weight excluding hydrogens is 180 g/mol. The van der Waals surface area contributed by atoms with Crippen LogP contribution in [0.4, 0.5) is 0 Å². The lowest BCUT2D eigenvalue weighted by Gasteiger charge is -2.40. The van der Waals surface area contributed by atoms with E-state index in [4.69, 9.17) is 5.11 Å². The average Bonchev–Trinajstić information content (AvgIpc) is 2.82. The Morgan fingerprint density at radius 3 is 2.43 bits per heavy atom. The number of carboxylic acid groups (broad SMARTS) is 1. The van der Waals surface area contributed by atoms with Gasteiger partial charge in [-0.15, -0.1) is 0 Å². The monoisotopic (exact) mass is 198 g/mol. The summed E-state index contributed by atoms with van der Waals surface area (Å²) in [7, 11) is 0. The molecule has 2 fully saturated rings. The highest BCUT2D eigenvalue weighted by Gasteiger charge is 2.64. The molecule has 2 atom stereocenters. The second kappa shape index (κ2) is 2.96. The summed E-state index contributed by atoms with van der Waals surface area (Å²) in [4.78, 5) is 11.1. The molecule has 0 spiro atoms. The molecule has 80 valence electrons. The van der Waals surface area contributed by atoms with Crippen LogP contribution in [0.5, 0.6) is 0 Å². The van der Waals surface area contributed by atoms with Gasteiger partial charge < -0.3 is 10.2 Å². The zero-order chi connectivity index (χ0) is 10.4. The van der Waals surface area contributed by atoms with Gasteiger partial charge in [0.25, 0.3) is 0 Å². The molecule has 0 aromatic heterocycles. The number of hydrogen-bond acceptors (Lipinski definition) is 2. The maximum absolute atomic E-state index is 11.1. The quantitative estimate of drug-likeness (QED) is 0.711. The summed E-state index contributed by atoms with van der Waals surface area (Å²) in [6, 6.07) is 0. The third-order valence-corrected chi connectivity index (χ3v) is 4.02. The van der Waals surface area contributed by atoms with E-state index in [0.29, 0.717) is 31.6 Å². The van der Waals surface area contributed by atoms with Crippen molar-refractivity contribution in [3.63, 3.8) is 0 Å². The van der Waals surface area contributed by atoms with Gasteiger partial charge >= 0.3 is 5.97 Å². The molecule has 0 aromatic carbocycles. The molecule has 3 nitrogen and oxygen atoms in total. The first kappa shape index (κ1) is 9.97. The standard InChI is InChI=1S/C11H18O3/c1-8-3-2-4-11(14,7-8)10(5-6-10)9(12)13/h8,14H,2-7H2,1H3,(H,12,13). The number of hydrogen-bond donors (Lipinski definition) is 2. The van der Waals surface area contributed by atoms with Crippen LogP contribution in [0.2, 0.25) is 0 Å². The van der Waals surface area contributed by atoms with Crippen molar-refractivity contribution >= 4 is 5.97 Å². The minimum absolute atomic E-state index is 0.463. The SMILES string of the molecule is CC1CCCC(O)(C2(C(=O)O)CC2)C1. The van der Waals surface area contributed by atoms with Crippen LogP contribution in [0.15, 0.2) is 0 Å². The van der Waals surface area contributed by atoms with E-state index >= 15 is 0 Å². The number of aliphatic carboxylic acids is 1. The summed E-state index contributed by atoms with van der Waals surface area (Å²) >= 11 is 0. The van der Waals surface area contributed by atoms with E-state index in [-0.39, 0.29) is 0 Å². The van der Waals surface area contributed by atoms with E-state index in [1.807, 2.05) is 0 Å². The molecule has 2 rings (SSSR count). The van der Waals surface area contributed by atoms with Crippen LogP contribution in [-0.4, -0.2) is 21.8 Å². The van der Waals surface area contributed by atoms with Crippen LogP contribution >= 0.6 is 0 Å². The molecule has 2 unspecified atom stereocenters. The third kappa shape index (κ3) is 1.26. The predicted molar refractivity (Wildman–Crippen MR) is 51.9 cm³/mol. The zero-order valence-electron chi connectivity index (χ0n) is 8.62. The second-order valence-corrected chi connectivity index (χ2v) is 5.12. The maximum Gasteiger partial charge on any atom is 0.312 e. The minimum Gasteiger partial charge on any atom is -0.481 e. The molecule has 0 heterocycles. The van der Waals surface area contributed by atoms with E-state index in [2.05, 4.69) is 6.92 Å². The van der Waals surface area contributed by atoms with Crippen molar-refractivity contribution in [3.05, 3.63) is 0 Å². The van der Waals surface area contributed by atoms with Gasteiger partial charge in [0.1, 0.15) is 0 Å². The average molecular weight is 198 g/mol. The molecular formula is C11H18O3. The first-order chi connectivity index (χ1) is 6.50. The molecule has 2 aliphatic rings. The van der Waals surface area contributed by atoms with E-state index in [1.165, 1.54) is 0 Å². The summed E-state index contributed by atoms with van der Waals surface area (Å²) in [5, 5.41) is 19.6. The Labute approximate surface area is 84.1 Å². The van der Waals surface area contributed by atoms with Crippen molar-refractivity contribution in [2.45, 2.75) is 51.0 Å². The lowest BCUT2D eigenvalue weighted by atomic mass is 9.70. The first-order valence-corrected chi connectivity index (χ1v) is 5.46. The van der Waals surface area contributed by atoms with E-state index < -0.39 is 17.0 Å². The minimum atomic E-state index is -0.920. The van der Waals surface area contributed by atoms with Crippen molar-refractivity contribution < 1.29 is 15.0 Å². The molecule has 0 amide bonds. The fraction of sp³-hybridized carbons (Fsp3) is 0.909. The van der Waals surface area contributed by atoms with Crippen LogP contribution in [-0.2, 0) is 4.79 Å². The van der Waals surface area contributed by atoms with Crippen LogP contribution in [0.1, 0.15) is 45.4 Å². The van der Waals surface area contributed by atoms with Crippen molar-refractivity contribution in [1.29, 1.82) is 0 Å². The Hall–Kier alpha value is -0.570. The number of rotatable bonds is 2. The van der Waals surface area contributed by atoms with Gasteiger partial charge in [0, 0.05) is 0 Å². The molecule has 0 saturated heterocycles. The smallest absolute Gasteiger partial charge is 0.312 e. The molecule has 0 aliphatic heterocycles. The van der Waals surface area contributed by atoms with Gasteiger partial charge in [-0.3, -0.25) is 4.79 Å². The lowest BCUT2D eigenvalue weighted by Crippen LogP contribution is -2.47. The lowest BCUT2D eigenvalue weighted by molar-refractivity contribution is -0.160. The summed E-state index contributed by atoms with van der Waals surface area (Å²) < 4.78 is 0. The van der Waals surface area contributed by atoms with Gasteiger partial charge in [-0.25, -0.2) is 0 Å². The Balaban J connectivity index is 2.19. The van der Waals surface area contributed by atoms with Crippen molar-refractivity contribution in [3.8, 4) is 0 Å². The number of carboxylic acids is 1. The third-order valence-electron chi connectivity index (χ3n) is 4.02. The molecule has 2 N–H and O–H groups in total. The molecule has 14 heavy (non-hydrogen) atoms. The predicted octanol–water partition coefficient (Wildman–Crippen LogP) is 1.79. The zero-order valence-corrected chi connectivity index (χ0v) is 8.62. The molecule has 3 heteroatoms. The van der Waals surface area contributed by atoms with Crippen molar-refractivity contribution in [2.75, 3.05) is 0 Å². The Bertz CT molecular complexity index is 257. The van der Waals surface area contributed by atoms with Gasteiger partial charge in [-0.1, -0.05) is 19.8 Å². The van der Waals surface area contributed by atoms with E-state index in [0.717, 1.165) is 12.8 Å². The van der Waals surface area contributed by atoms with E-state index in [1.54, 1.807) is 0 Å². The normalized spacial score (nSPS) is 40.6. The van der Waals surface area contributed by atoms with Gasteiger partial charge in [0.05, 0.1) is 11.0 Å². The highest BCUT2D eigenvalue weighted by atomic mass is 16.4. The summed E-state index contributed by atoms with van der Waals surface area (Å²) in [5.41, 5.74) is -1.71. The highest BCUT2D eigenvalue weighted by Crippen LogP contribution is 2.59. The van der Waals surface area contributed by atoms with Crippen LogP contribution in [0, 0.1) is 11.3 Å². The van der Waals surface area contributed by atoms with Crippen molar-refractivity contribution in [1.82, 2.24) is 0 Å². The fourth-order valence-electron chi connectivity index (χ4n) is 2.96. The summed E-state index contributed by atoms with van der Waals surface area (Å²) in [5.74, 6) is -0.334. The Morgan fingerprint density at radius 2 is 2.00 bits per heavy atom. The van der Waals surface area contributed by atoms with Crippen LogP contribution in [0.25, 0.3) is 0 Å². The Kier molecular flexibility index (Phi) is 2.11. The number of carbonyl (C=O) groups is 1. The van der Waals surface area contributed by atoms with Gasteiger partial charge in [0.2, 0.25) is 0 Å². The molecule has 0 aromatic rings.